The molecule has 0 spiro atoms. The van der Waals surface area contributed by atoms with Crippen LogP contribution in [0.2, 0.25) is 0 Å². The van der Waals surface area contributed by atoms with Gasteiger partial charge in [-0.05, 0) is 25.7 Å². The highest BCUT2D eigenvalue weighted by Gasteiger charge is 2.29. The summed E-state index contributed by atoms with van der Waals surface area (Å²) in [7, 11) is 5.48. The molecule has 1 aliphatic carbocycles. The minimum atomic E-state index is -0.159. The Morgan fingerprint density at radius 1 is 1.39 bits per heavy atom. The Morgan fingerprint density at radius 2 is 2.17 bits per heavy atom. The van der Waals surface area contributed by atoms with Gasteiger partial charge >= 0.3 is 0 Å². The first kappa shape index (κ1) is 16.0. The van der Waals surface area contributed by atoms with Gasteiger partial charge in [-0.15, -0.1) is 11.3 Å². The molecule has 1 fully saturated rings. The lowest BCUT2D eigenvalue weighted by Crippen LogP contribution is -2.42. The molecule has 7 heteroatoms. The lowest BCUT2D eigenvalue weighted by atomic mass is 9.85. The van der Waals surface area contributed by atoms with E-state index in [9.17, 15) is 9.59 Å². The van der Waals surface area contributed by atoms with E-state index in [0.29, 0.717) is 11.4 Å². The second-order valence-electron chi connectivity index (χ2n) is 6.25. The molecule has 6 nitrogen and oxygen atoms in total. The zero-order valence-corrected chi connectivity index (χ0v) is 14.4. The first-order chi connectivity index (χ1) is 10.9. The third kappa shape index (κ3) is 3.39. The molecule has 2 unspecified atom stereocenters. The van der Waals surface area contributed by atoms with Gasteiger partial charge in [0.15, 0.2) is 5.01 Å². The second-order valence-corrected chi connectivity index (χ2v) is 7.28. The molecule has 1 N–H and O–H groups in total. The number of nitrogens with one attached hydrogen (secondary N) is 1. The number of carbonyl (C=O) groups is 2. The van der Waals surface area contributed by atoms with Gasteiger partial charge in [-0.2, -0.15) is 0 Å². The van der Waals surface area contributed by atoms with Crippen molar-refractivity contribution in [1.29, 1.82) is 0 Å². The van der Waals surface area contributed by atoms with E-state index in [-0.39, 0.29) is 23.8 Å². The fraction of sp³-hybridized carbons (Fsp3) is 0.500. The van der Waals surface area contributed by atoms with Crippen LogP contribution in [0.1, 0.15) is 29.1 Å². The van der Waals surface area contributed by atoms with Crippen LogP contribution < -0.4 is 5.32 Å². The van der Waals surface area contributed by atoms with E-state index >= 15 is 0 Å². The van der Waals surface area contributed by atoms with Crippen molar-refractivity contribution in [3.8, 4) is 0 Å². The number of carbonyl (C=O) groups excluding carboxylic acids is 2. The van der Waals surface area contributed by atoms with Crippen LogP contribution in [-0.4, -0.2) is 46.4 Å². The molecule has 1 saturated carbocycles. The van der Waals surface area contributed by atoms with Crippen molar-refractivity contribution in [2.75, 3.05) is 14.1 Å². The highest BCUT2D eigenvalue weighted by Crippen LogP contribution is 2.26. The predicted molar refractivity (Wildman–Crippen MR) is 90.2 cm³/mol. The van der Waals surface area contributed by atoms with Crippen LogP contribution in [0.25, 0.3) is 10.2 Å². The minimum Gasteiger partial charge on any atom is -0.354 e. The van der Waals surface area contributed by atoms with Gasteiger partial charge in [0.2, 0.25) is 5.91 Å². The summed E-state index contributed by atoms with van der Waals surface area (Å²) in [5, 5.41) is 3.48. The molecule has 2 aromatic heterocycles. The molecule has 2 heterocycles. The molecular weight excluding hydrogens is 312 g/mol. The summed E-state index contributed by atoms with van der Waals surface area (Å²) in [5.41, 5.74) is 0.843. The van der Waals surface area contributed by atoms with E-state index < -0.39 is 0 Å². The number of aryl methyl sites for hydroxylation is 1. The molecule has 2 atom stereocenters. The largest absolute Gasteiger partial charge is 0.354 e. The molecule has 0 aliphatic heterocycles. The van der Waals surface area contributed by atoms with Gasteiger partial charge in [-0.25, -0.2) is 4.98 Å². The van der Waals surface area contributed by atoms with Crippen LogP contribution in [0.4, 0.5) is 0 Å². The zero-order chi connectivity index (χ0) is 16.6. The van der Waals surface area contributed by atoms with Gasteiger partial charge < -0.3 is 14.8 Å². The van der Waals surface area contributed by atoms with Gasteiger partial charge in [-0.3, -0.25) is 9.59 Å². The molecule has 2 aromatic rings. The van der Waals surface area contributed by atoms with Gasteiger partial charge in [0.05, 0.1) is 10.2 Å². The number of hydrogen-bond acceptors (Lipinski definition) is 4. The summed E-state index contributed by atoms with van der Waals surface area (Å²) in [4.78, 5) is 30.5. The number of nitrogens with zero attached hydrogens (tertiary/aromatic N) is 3. The van der Waals surface area contributed by atoms with Crippen molar-refractivity contribution in [2.24, 2.45) is 13.0 Å². The average molecular weight is 333 g/mol. The third-order valence-electron chi connectivity index (χ3n) is 4.13. The van der Waals surface area contributed by atoms with Gasteiger partial charge in [0, 0.05) is 45.5 Å². The molecule has 2 amide bonds. The van der Waals surface area contributed by atoms with Crippen LogP contribution in [0, 0.1) is 12.3 Å². The number of amides is 2. The third-order valence-corrected chi connectivity index (χ3v) is 5.14. The topological polar surface area (TPSA) is 67.2 Å². The van der Waals surface area contributed by atoms with E-state index in [2.05, 4.69) is 16.7 Å². The van der Waals surface area contributed by atoms with Crippen molar-refractivity contribution in [2.45, 2.75) is 25.3 Å². The van der Waals surface area contributed by atoms with E-state index in [1.165, 1.54) is 11.3 Å². The molecular formula is C16H21N4O2S. The molecule has 0 saturated heterocycles. The number of fused-ring (bicyclic) bond motifs is 1. The first-order valence-electron chi connectivity index (χ1n) is 7.72. The van der Waals surface area contributed by atoms with Crippen molar-refractivity contribution in [1.82, 2.24) is 19.8 Å². The SMILES string of the molecule is CN(C)C(=O)C1CC[CH]C(NC(=O)c2nc3cn(C)cc3s2)C1. The second kappa shape index (κ2) is 6.31. The normalized spacial score (nSPS) is 21.3. The summed E-state index contributed by atoms with van der Waals surface area (Å²) in [5.74, 6) is -0.0391. The Kier molecular flexibility index (Phi) is 4.39. The molecule has 1 aliphatic rings. The van der Waals surface area contributed by atoms with E-state index in [4.69, 9.17) is 0 Å². The highest BCUT2D eigenvalue weighted by molar-refractivity contribution is 7.20. The van der Waals surface area contributed by atoms with Crippen LogP contribution in [0.15, 0.2) is 12.4 Å². The fourth-order valence-corrected chi connectivity index (χ4v) is 3.92. The minimum absolute atomic E-state index is 0.0167. The quantitative estimate of drug-likeness (QED) is 0.932. The van der Waals surface area contributed by atoms with Crippen LogP contribution in [-0.2, 0) is 11.8 Å². The molecule has 0 bridgehead atoms. The lowest BCUT2D eigenvalue weighted by molar-refractivity contribution is -0.133. The smallest absolute Gasteiger partial charge is 0.280 e. The average Bonchev–Trinajstić information content (AvgIpc) is 3.03. The summed E-state index contributed by atoms with van der Waals surface area (Å²) in [6.45, 7) is 0. The van der Waals surface area contributed by atoms with Crippen molar-refractivity contribution < 1.29 is 9.59 Å². The predicted octanol–water partition coefficient (Wildman–Crippen LogP) is 1.83. The standard InChI is InChI=1S/C16H21N4O2S/c1-19(2)16(22)10-5-4-6-11(7-10)17-14(21)15-18-12-8-20(3)9-13(12)23-15/h6,8-11H,4-5,7H2,1-3H3,(H,17,21). The summed E-state index contributed by atoms with van der Waals surface area (Å²) in [6.07, 6.45) is 8.31. The summed E-state index contributed by atoms with van der Waals surface area (Å²) in [6, 6.07) is -0.0699. The Hall–Kier alpha value is -1.89. The van der Waals surface area contributed by atoms with Crippen LogP contribution in [0.3, 0.4) is 0 Å². The highest BCUT2D eigenvalue weighted by atomic mass is 32.1. The Balaban J connectivity index is 1.64. The molecule has 123 valence electrons. The Labute approximate surface area is 139 Å². The maximum atomic E-state index is 12.4. The molecule has 0 aromatic carbocycles. The first-order valence-corrected chi connectivity index (χ1v) is 8.53. The van der Waals surface area contributed by atoms with E-state index in [0.717, 1.165) is 23.1 Å². The van der Waals surface area contributed by atoms with Gasteiger partial charge in [0.1, 0.15) is 0 Å². The summed E-state index contributed by atoms with van der Waals surface area (Å²) < 4.78 is 2.94. The molecule has 3 rings (SSSR count). The maximum Gasteiger partial charge on any atom is 0.280 e. The summed E-state index contributed by atoms with van der Waals surface area (Å²) >= 11 is 1.39. The Bertz CT molecular complexity index is 702. The number of aromatic nitrogens is 2. The Morgan fingerprint density at radius 3 is 2.87 bits per heavy atom. The lowest BCUT2D eigenvalue weighted by Gasteiger charge is -2.30. The van der Waals surface area contributed by atoms with E-state index in [1.807, 2.05) is 24.0 Å². The van der Waals surface area contributed by atoms with E-state index in [1.54, 1.807) is 19.0 Å². The van der Waals surface area contributed by atoms with Crippen molar-refractivity contribution in [3.63, 3.8) is 0 Å². The monoisotopic (exact) mass is 333 g/mol. The number of rotatable bonds is 3. The van der Waals surface area contributed by atoms with Gasteiger partial charge in [-0.1, -0.05) is 0 Å². The van der Waals surface area contributed by atoms with Crippen LogP contribution in [0.5, 0.6) is 0 Å². The van der Waals surface area contributed by atoms with Gasteiger partial charge in [0.25, 0.3) is 5.91 Å². The molecule has 1 radical (unpaired) electrons. The fourth-order valence-electron chi connectivity index (χ4n) is 3.00. The maximum absolute atomic E-state index is 12.4. The van der Waals surface area contributed by atoms with Crippen molar-refractivity contribution in [3.05, 3.63) is 23.8 Å². The zero-order valence-electron chi connectivity index (χ0n) is 13.6. The van der Waals surface area contributed by atoms with Crippen molar-refractivity contribution >= 4 is 33.4 Å². The number of thiazole rings is 1. The number of hydrogen-bond donors (Lipinski definition) is 1. The van der Waals surface area contributed by atoms with Crippen LogP contribution >= 0.6 is 11.3 Å². The molecule has 23 heavy (non-hydrogen) atoms.